The number of ether oxygens (including phenoxy) is 1. The maximum atomic E-state index is 12.5. The number of Topliss-reactive ketones (excluding diaryl/α,β-unsaturated/α-hetero) is 1. The summed E-state index contributed by atoms with van der Waals surface area (Å²) >= 11 is 0. The molecular weight excluding hydrogens is 316 g/mol. The molecule has 1 unspecified atom stereocenters. The van der Waals surface area contributed by atoms with E-state index in [-0.39, 0.29) is 11.7 Å². The first kappa shape index (κ1) is 16.8. The lowest BCUT2D eigenvalue weighted by Crippen LogP contribution is -2.33. The highest BCUT2D eigenvalue weighted by molar-refractivity contribution is 6.16. The van der Waals surface area contributed by atoms with Gasteiger partial charge in [0, 0.05) is 43.0 Å². The maximum Gasteiger partial charge on any atom is 0.170 e. The van der Waals surface area contributed by atoms with Crippen LogP contribution in [-0.4, -0.2) is 49.3 Å². The van der Waals surface area contributed by atoms with Gasteiger partial charge in [0.05, 0.1) is 18.0 Å². The summed E-state index contributed by atoms with van der Waals surface area (Å²) < 4.78 is 5.47. The molecule has 4 rings (SSSR count). The molecular formula is C19H26N4O2. The van der Waals surface area contributed by atoms with E-state index >= 15 is 0 Å². The normalized spacial score (nSPS) is 24.2. The Balaban J connectivity index is 1.48. The van der Waals surface area contributed by atoms with E-state index in [4.69, 9.17) is 9.73 Å². The number of nitrogens with one attached hydrogen (secondary N) is 2. The Hall–Kier alpha value is -1.63. The molecule has 0 saturated carbocycles. The lowest BCUT2D eigenvalue weighted by atomic mass is 9.92. The van der Waals surface area contributed by atoms with Gasteiger partial charge in [0.25, 0.3) is 0 Å². The van der Waals surface area contributed by atoms with Gasteiger partial charge in [-0.05, 0) is 50.9 Å². The minimum Gasteiger partial charge on any atom is -0.381 e. The molecule has 6 nitrogen and oxygen atoms in total. The summed E-state index contributed by atoms with van der Waals surface area (Å²) in [6.07, 6.45) is 5.56. The van der Waals surface area contributed by atoms with Crippen LogP contribution in [0.1, 0.15) is 41.7 Å². The molecule has 0 bridgehead atoms. The van der Waals surface area contributed by atoms with Crippen molar-refractivity contribution in [1.82, 2.24) is 15.6 Å². The Morgan fingerprint density at radius 3 is 2.96 bits per heavy atom. The van der Waals surface area contributed by atoms with Crippen molar-refractivity contribution in [2.75, 3.05) is 32.8 Å². The van der Waals surface area contributed by atoms with E-state index in [0.29, 0.717) is 19.6 Å². The highest BCUT2D eigenvalue weighted by Gasteiger charge is 2.29. The van der Waals surface area contributed by atoms with Crippen molar-refractivity contribution in [3.63, 3.8) is 0 Å². The molecule has 4 heterocycles. The fourth-order valence-electron chi connectivity index (χ4n) is 3.93. The second-order valence-electron chi connectivity index (χ2n) is 7.24. The quantitative estimate of drug-likeness (QED) is 0.854. The fraction of sp³-hybridized carbons (Fsp3) is 0.632. The molecule has 3 aliphatic rings. The molecule has 0 spiro atoms. The summed E-state index contributed by atoms with van der Waals surface area (Å²) in [7, 11) is 0. The average Bonchev–Trinajstić information content (AvgIpc) is 3.18. The first-order chi connectivity index (χ1) is 12.3. The third kappa shape index (κ3) is 3.81. The van der Waals surface area contributed by atoms with Gasteiger partial charge >= 0.3 is 0 Å². The molecule has 3 aliphatic heterocycles. The van der Waals surface area contributed by atoms with Crippen LogP contribution in [0.25, 0.3) is 0 Å². The van der Waals surface area contributed by atoms with E-state index in [1.807, 2.05) is 0 Å². The SMILES string of the molecule is O=C1CC(C2CCOC2)=Nc2c1ccnc2CNCC1CCNCC1. The number of aromatic nitrogens is 1. The standard InChI is InChI=1S/C19H26N4O2/c24-18-9-16(14-4-8-25-12-14)23-19-15(18)3-7-22-17(19)11-21-10-13-1-5-20-6-2-13/h3,7,13-14,20-21H,1-2,4-6,8-12H2. The largest absolute Gasteiger partial charge is 0.381 e. The molecule has 2 N–H and O–H groups in total. The molecule has 1 aromatic heterocycles. The van der Waals surface area contributed by atoms with Crippen molar-refractivity contribution in [2.24, 2.45) is 16.8 Å². The molecule has 1 atom stereocenters. The van der Waals surface area contributed by atoms with E-state index in [2.05, 4.69) is 15.6 Å². The van der Waals surface area contributed by atoms with Gasteiger partial charge in [-0.1, -0.05) is 0 Å². The highest BCUT2D eigenvalue weighted by atomic mass is 16.5. The number of aliphatic imine (C=N–C) groups is 1. The van der Waals surface area contributed by atoms with Crippen LogP contribution in [0.15, 0.2) is 17.3 Å². The number of carbonyl (C=O) groups excluding carboxylic acids is 1. The van der Waals surface area contributed by atoms with Crippen molar-refractivity contribution >= 4 is 17.2 Å². The maximum absolute atomic E-state index is 12.5. The van der Waals surface area contributed by atoms with E-state index < -0.39 is 0 Å². The number of nitrogens with zero attached hydrogens (tertiary/aromatic N) is 2. The highest BCUT2D eigenvalue weighted by Crippen LogP contribution is 2.32. The van der Waals surface area contributed by atoms with E-state index in [0.717, 1.165) is 61.2 Å². The summed E-state index contributed by atoms with van der Waals surface area (Å²) in [6, 6.07) is 1.80. The van der Waals surface area contributed by atoms with Crippen molar-refractivity contribution in [3.8, 4) is 0 Å². The minimum absolute atomic E-state index is 0.161. The first-order valence-electron chi connectivity index (χ1n) is 9.39. The van der Waals surface area contributed by atoms with Crippen molar-refractivity contribution in [3.05, 3.63) is 23.5 Å². The molecule has 0 amide bonds. The summed E-state index contributed by atoms with van der Waals surface area (Å²) in [5, 5.41) is 6.92. The monoisotopic (exact) mass is 342 g/mol. The van der Waals surface area contributed by atoms with Gasteiger partial charge in [0.15, 0.2) is 5.78 Å². The van der Waals surface area contributed by atoms with Crippen LogP contribution in [-0.2, 0) is 11.3 Å². The molecule has 0 radical (unpaired) electrons. The molecule has 0 aliphatic carbocycles. The second kappa shape index (κ2) is 7.72. The lowest BCUT2D eigenvalue weighted by Gasteiger charge is -2.23. The molecule has 0 aromatic carbocycles. The van der Waals surface area contributed by atoms with Crippen LogP contribution < -0.4 is 10.6 Å². The Morgan fingerprint density at radius 2 is 2.16 bits per heavy atom. The van der Waals surface area contributed by atoms with E-state index in [9.17, 15) is 4.79 Å². The van der Waals surface area contributed by atoms with Gasteiger partial charge in [0.2, 0.25) is 0 Å². The van der Waals surface area contributed by atoms with Crippen molar-refractivity contribution in [2.45, 2.75) is 32.2 Å². The zero-order valence-corrected chi connectivity index (χ0v) is 14.6. The fourth-order valence-corrected chi connectivity index (χ4v) is 3.93. The Kier molecular flexibility index (Phi) is 5.20. The molecule has 1 aromatic rings. The second-order valence-corrected chi connectivity index (χ2v) is 7.24. The number of fused-ring (bicyclic) bond motifs is 1. The number of hydrogen-bond donors (Lipinski definition) is 2. The topological polar surface area (TPSA) is 75.6 Å². The van der Waals surface area contributed by atoms with Crippen LogP contribution in [0.5, 0.6) is 0 Å². The molecule has 134 valence electrons. The van der Waals surface area contributed by atoms with Crippen LogP contribution in [0.4, 0.5) is 5.69 Å². The zero-order chi connectivity index (χ0) is 17.1. The van der Waals surface area contributed by atoms with Crippen LogP contribution >= 0.6 is 0 Å². The van der Waals surface area contributed by atoms with Crippen LogP contribution in [0.3, 0.4) is 0 Å². The average molecular weight is 342 g/mol. The minimum atomic E-state index is 0.161. The number of pyridine rings is 1. The van der Waals surface area contributed by atoms with E-state index in [1.54, 1.807) is 12.3 Å². The molecule has 25 heavy (non-hydrogen) atoms. The Morgan fingerprint density at radius 1 is 1.28 bits per heavy atom. The summed E-state index contributed by atoms with van der Waals surface area (Å²) in [5.41, 5.74) is 3.35. The molecule has 2 fully saturated rings. The molecule has 2 saturated heterocycles. The van der Waals surface area contributed by atoms with Gasteiger partial charge in [-0.25, -0.2) is 0 Å². The Labute approximate surface area is 148 Å². The predicted octanol–water partition coefficient (Wildman–Crippen LogP) is 1.87. The van der Waals surface area contributed by atoms with Gasteiger partial charge < -0.3 is 15.4 Å². The lowest BCUT2D eigenvalue weighted by molar-refractivity contribution is 0.0998. The van der Waals surface area contributed by atoms with Gasteiger partial charge in [0.1, 0.15) is 0 Å². The third-order valence-electron chi connectivity index (χ3n) is 5.48. The summed E-state index contributed by atoms with van der Waals surface area (Å²) in [6.45, 7) is 5.33. The van der Waals surface area contributed by atoms with Gasteiger partial charge in [-0.15, -0.1) is 0 Å². The van der Waals surface area contributed by atoms with Crippen molar-refractivity contribution < 1.29 is 9.53 Å². The number of hydrogen-bond acceptors (Lipinski definition) is 6. The van der Waals surface area contributed by atoms with E-state index in [1.165, 1.54) is 12.8 Å². The van der Waals surface area contributed by atoms with Crippen LogP contribution in [0, 0.1) is 11.8 Å². The first-order valence-corrected chi connectivity index (χ1v) is 9.39. The number of ketones is 1. The van der Waals surface area contributed by atoms with Crippen LogP contribution in [0.2, 0.25) is 0 Å². The van der Waals surface area contributed by atoms with Gasteiger partial charge in [-0.2, -0.15) is 0 Å². The zero-order valence-electron chi connectivity index (χ0n) is 14.6. The third-order valence-corrected chi connectivity index (χ3v) is 5.48. The Bertz CT molecular complexity index is 661. The van der Waals surface area contributed by atoms with Gasteiger partial charge in [-0.3, -0.25) is 14.8 Å². The smallest absolute Gasteiger partial charge is 0.170 e. The number of piperidine rings is 1. The number of carbonyl (C=O) groups is 1. The summed E-state index contributed by atoms with van der Waals surface area (Å²) in [5.74, 6) is 1.17. The van der Waals surface area contributed by atoms with Crippen molar-refractivity contribution in [1.29, 1.82) is 0 Å². The predicted molar refractivity (Wildman–Crippen MR) is 96.5 cm³/mol. The molecule has 6 heteroatoms. The summed E-state index contributed by atoms with van der Waals surface area (Å²) in [4.78, 5) is 21.9. The number of rotatable bonds is 5.